The maximum atomic E-state index is 13.2. The van der Waals surface area contributed by atoms with Gasteiger partial charge in [0.15, 0.2) is 5.82 Å². The molecule has 0 aliphatic heterocycles. The van der Waals surface area contributed by atoms with Gasteiger partial charge in [-0.3, -0.25) is 4.79 Å². The number of hydrogen-bond acceptors (Lipinski definition) is 4. The highest BCUT2D eigenvalue weighted by Crippen LogP contribution is 2.12. The van der Waals surface area contributed by atoms with Crippen molar-refractivity contribution >= 4 is 29.1 Å². The molecule has 1 aromatic heterocycles. The number of nitrogens with zero attached hydrogens (tertiary/aromatic N) is 2. The normalized spacial score (nSPS) is 10.4. The molecule has 0 fully saturated rings. The molecule has 5 nitrogen and oxygen atoms in total. The standard InChI is InChI=1S/C19H16ClFN4O/c20-15-6-4-13(5-7-15)10-11-22-17-8-9-18(25-24-17)23-19(26)14-2-1-3-16(21)12-14/h1-9,12H,10-11H2,(H,22,24)(H,23,25,26). The third-order valence-electron chi connectivity index (χ3n) is 3.63. The van der Waals surface area contributed by atoms with Crippen LogP contribution in [0, 0.1) is 5.82 Å². The zero-order valence-corrected chi connectivity index (χ0v) is 14.5. The minimum Gasteiger partial charge on any atom is -0.368 e. The molecule has 1 amide bonds. The number of carbonyl (C=O) groups excluding carboxylic acids is 1. The summed E-state index contributed by atoms with van der Waals surface area (Å²) in [6.07, 6.45) is 0.816. The zero-order valence-electron chi connectivity index (χ0n) is 13.7. The van der Waals surface area contributed by atoms with Crippen LogP contribution >= 0.6 is 11.6 Å². The number of nitrogens with one attached hydrogen (secondary N) is 2. The smallest absolute Gasteiger partial charge is 0.256 e. The van der Waals surface area contributed by atoms with Gasteiger partial charge in [-0.15, -0.1) is 10.2 Å². The molecule has 0 spiro atoms. The van der Waals surface area contributed by atoms with Crippen molar-refractivity contribution in [2.75, 3.05) is 17.2 Å². The Morgan fingerprint density at radius 2 is 1.73 bits per heavy atom. The first-order valence-corrected chi connectivity index (χ1v) is 8.37. The first-order chi connectivity index (χ1) is 12.6. The summed E-state index contributed by atoms with van der Waals surface area (Å²) in [6, 6.07) is 16.4. The minimum atomic E-state index is -0.469. The highest BCUT2D eigenvalue weighted by Gasteiger charge is 2.08. The molecule has 132 valence electrons. The minimum absolute atomic E-state index is 0.219. The molecular weight excluding hydrogens is 355 g/mol. The maximum absolute atomic E-state index is 13.2. The topological polar surface area (TPSA) is 66.9 Å². The van der Waals surface area contributed by atoms with E-state index in [1.165, 1.54) is 18.2 Å². The lowest BCUT2D eigenvalue weighted by Gasteiger charge is -2.07. The molecule has 0 aliphatic carbocycles. The van der Waals surface area contributed by atoms with Gasteiger partial charge in [-0.2, -0.15) is 0 Å². The second-order valence-corrected chi connectivity index (χ2v) is 6.01. The highest BCUT2D eigenvalue weighted by molar-refractivity contribution is 6.30. The molecule has 2 N–H and O–H groups in total. The van der Waals surface area contributed by atoms with Crippen molar-refractivity contribution in [3.8, 4) is 0 Å². The fourth-order valence-electron chi connectivity index (χ4n) is 2.30. The van der Waals surface area contributed by atoms with Gasteiger partial charge in [0.1, 0.15) is 11.6 Å². The largest absolute Gasteiger partial charge is 0.368 e. The number of rotatable bonds is 6. The summed E-state index contributed by atoms with van der Waals surface area (Å²) in [4.78, 5) is 12.0. The summed E-state index contributed by atoms with van der Waals surface area (Å²) >= 11 is 5.86. The number of amides is 1. The molecule has 1 heterocycles. The number of aromatic nitrogens is 2. The van der Waals surface area contributed by atoms with Crippen molar-refractivity contribution in [2.24, 2.45) is 0 Å². The van der Waals surface area contributed by atoms with Crippen LogP contribution in [0.5, 0.6) is 0 Å². The van der Waals surface area contributed by atoms with Crippen molar-refractivity contribution in [3.05, 3.63) is 82.6 Å². The third kappa shape index (κ3) is 5.00. The van der Waals surface area contributed by atoms with Crippen LogP contribution in [-0.4, -0.2) is 22.6 Å². The van der Waals surface area contributed by atoms with Gasteiger partial charge in [-0.05, 0) is 54.4 Å². The van der Waals surface area contributed by atoms with Gasteiger partial charge in [0, 0.05) is 17.1 Å². The Morgan fingerprint density at radius 3 is 2.42 bits per heavy atom. The molecule has 0 saturated carbocycles. The van der Waals surface area contributed by atoms with E-state index in [9.17, 15) is 9.18 Å². The molecule has 3 rings (SSSR count). The monoisotopic (exact) mass is 370 g/mol. The molecule has 0 bridgehead atoms. The summed E-state index contributed by atoms with van der Waals surface area (Å²) in [5, 5.41) is 14.4. The Labute approximate surface area is 155 Å². The number of hydrogen-bond donors (Lipinski definition) is 2. The molecule has 0 saturated heterocycles. The Morgan fingerprint density at radius 1 is 1.00 bits per heavy atom. The van der Waals surface area contributed by atoms with Gasteiger partial charge in [0.2, 0.25) is 0 Å². The van der Waals surface area contributed by atoms with Crippen LogP contribution in [0.1, 0.15) is 15.9 Å². The molecule has 0 unspecified atom stereocenters. The predicted molar refractivity (Wildman–Crippen MR) is 100 cm³/mol. The van der Waals surface area contributed by atoms with E-state index in [4.69, 9.17) is 11.6 Å². The lowest BCUT2D eigenvalue weighted by molar-refractivity contribution is 0.102. The Balaban J connectivity index is 1.51. The first-order valence-electron chi connectivity index (χ1n) is 7.99. The van der Waals surface area contributed by atoms with E-state index >= 15 is 0 Å². The lowest BCUT2D eigenvalue weighted by Crippen LogP contribution is -2.14. The average Bonchev–Trinajstić information content (AvgIpc) is 2.65. The summed E-state index contributed by atoms with van der Waals surface area (Å²) in [5.41, 5.74) is 1.38. The van der Waals surface area contributed by atoms with Crippen LogP contribution < -0.4 is 10.6 Å². The molecule has 7 heteroatoms. The number of carbonyl (C=O) groups is 1. The molecule has 0 radical (unpaired) electrons. The first kappa shape index (κ1) is 17.8. The fraction of sp³-hybridized carbons (Fsp3) is 0.105. The van der Waals surface area contributed by atoms with Crippen LogP contribution in [0.4, 0.5) is 16.0 Å². The number of halogens is 2. The van der Waals surface area contributed by atoms with Crippen molar-refractivity contribution in [1.82, 2.24) is 10.2 Å². The quantitative estimate of drug-likeness (QED) is 0.683. The van der Waals surface area contributed by atoms with E-state index in [-0.39, 0.29) is 5.56 Å². The Kier molecular flexibility index (Phi) is 5.76. The van der Waals surface area contributed by atoms with Crippen LogP contribution in [-0.2, 0) is 6.42 Å². The molecule has 3 aromatic rings. The average molecular weight is 371 g/mol. The molecule has 0 atom stereocenters. The molecule has 2 aromatic carbocycles. The fourth-order valence-corrected chi connectivity index (χ4v) is 2.42. The highest BCUT2D eigenvalue weighted by atomic mass is 35.5. The van der Waals surface area contributed by atoms with E-state index in [0.29, 0.717) is 23.2 Å². The zero-order chi connectivity index (χ0) is 18.4. The van der Waals surface area contributed by atoms with Gasteiger partial charge < -0.3 is 10.6 Å². The summed E-state index contributed by atoms with van der Waals surface area (Å²) in [7, 11) is 0. The van der Waals surface area contributed by atoms with Crippen molar-refractivity contribution in [3.63, 3.8) is 0 Å². The summed E-state index contributed by atoms with van der Waals surface area (Å²) in [5.74, 6) is -0.0172. The van der Waals surface area contributed by atoms with Gasteiger partial charge in [0.25, 0.3) is 5.91 Å². The van der Waals surface area contributed by atoms with Crippen molar-refractivity contribution in [1.29, 1.82) is 0 Å². The third-order valence-corrected chi connectivity index (χ3v) is 3.88. The number of anilines is 2. The molecule has 26 heavy (non-hydrogen) atoms. The van der Waals surface area contributed by atoms with E-state index in [2.05, 4.69) is 20.8 Å². The molecule has 0 aliphatic rings. The Hall–Kier alpha value is -2.99. The van der Waals surface area contributed by atoms with Crippen LogP contribution in [0.25, 0.3) is 0 Å². The van der Waals surface area contributed by atoms with E-state index in [0.717, 1.165) is 18.1 Å². The lowest BCUT2D eigenvalue weighted by atomic mass is 10.1. The second-order valence-electron chi connectivity index (χ2n) is 5.57. The maximum Gasteiger partial charge on any atom is 0.256 e. The second kappa shape index (κ2) is 8.40. The SMILES string of the molecule is O=C(Nc1ccc(NCCc2ccc(Cl)cc2)nn1)c1cccc(F)c1. The van der Waals surface area contributed by atoms with Gasteiger partial charge in [-0.1, -0.05) is 29.8 Å². The van der Waals surface area contributed by atoms with E-state index in [1.807, 2.05) is 24.3 Å². The van der Waals surface area contributed by atoms with E-state index in [1.54, 1.807) is 12.1 Å². The predicted octanol–water partition coefficient (Wildman–Crippen LogP) is 4.18. The summed E-state index contributed by atoms with van der Waals surface area (Å²) in [6.45, 7) is 0.686. The van der Waals surface area contributed by atoms with E-state index < -0.39 is 11.7 Å². The van der Waals surface area contributed by atoms with Crippen molar-refractivity contribution in [2.45, 2.75) is 6.42 Å². The van der Waals surface area contributed by atoms with Crippen LogP contribution in [0.15, 0.2) is 60.7 Å². The van der Waals surface area contributed by atoms with Gasteiger partial charge in [-0.25, -0.2) is 4.39 Å². The van der Waals surface area contributed by atoms with Gasteiger partial charge >= 0.3 is 0 Å². The van der Waals surface area contributed by atoms with Crippen molar-refractivity contribution < 1.29 is 9.18 Å². The molecular formula is C19H16ClFN4O. The van der Waals surface area contributed by atoms with Gasteiger partial charge in [0.05, 0.1) is 0 Å². The van der Waals surface area contributed by atoms with Crippen LogP contribution in [0.3, 0.4) is 0 Å². The van der Waals surface area contributed by atoms with Crippen LogP contribution in [0.2, 0.25) is 5.02 Å². The number of benzene rings is 2. The Bertz CT molecular complexity index is 885. The summed E-state index contributed by atoms with van der Waals surface area (Å²) < 4.78 is 13.2.